The van der Waals surface area contributed by atoms with Gasteiger partial charge >= 0.3 is 17.9 Å². The van der Waals surface area contributed by atoms with E-state index in [-0.39, 0.29) is 10.5 Å². The Morgan fingerprint density at radius 3 is 2.41 bits per heavy atom. The summed E-state index contributed by atoms with van der Waals surface area (Å²) < 4.78 is 4.90. The highest BCUT2D eigenvalue weighted by Gasteiger charge is 2.52. The molecule has 1 fully saturated rings. The Balaban J connectivity index is 1.45. The highest BCUT2D eigenvalue weighted by molar-refractivity contribution is 6.43. The third kappa shape index (κ3) is 5.09. The number of anilines is 1. The van der Waals surface area contributed by atoms with Crippen molar-refractivity contribution in [3.05, 3.63) is 87.4 Å². The summed E-state index contributed by atoms with van der Waals surface area (Å²) in [6.07, 6.45) is 6.37. The van der Waals surface area contributed by atoms with E-state index in [4.69, 9.17) is 32.9 Å². The van der Waals surface area contributed by atoms with Gasteiger partial charge < -0.3 is 4.74 Å². The molecule has 0 saturated heterocycles. The quantitative estimate of drug-likeness (QED) is 0.187. The number of esters is 1. The zero-order chi connectivity index (χ0) is 28.6. The van der Waals surface area contributed by atoms with Crippen molar-refractivity contribution in [1.82, 2.24) is 25.1 Å². The number of fused-ring (bicyclic) bond motifs is 1. The molecule has 1 aromatic heterocycles. The van der Waals surface area contributed by atoms with Gasteiger partial charge in [-0.2, -0.15) is 14.6 Å². The molecule has 1 unspecified atom stereocenters. The van der Waals surface area contributed by atoms with Crippen LogP contribution < -0.4 is 9.38 Å². The number of aromatic amines is 1. The molecule has 41 heavy (non-hydrogen) atoms. The number of rotatable bonds is 6. The molecule has 1 atom stereocenters. The minimum Gasteiger partial charge on any atom is -0.465 e. The number of hydrogen-bond acceptors (Lipinski definition) is 6. The summed E-state index contributed by atoms with van der Waals surface area (Å²) in [5.74, 6) is 1.37. The number of guanidine groups is 1. The van der Waals surface area contributed by atoms with Crippen LogP contribution in [0.15, 0.2) is 65.7 Å². The molecule has 1 aliphatic heterocycles. The Bertz CT molecular complexity index is 1580. The number of methoxy groups -OCH3 is 1. The van der Waals surface area contributed by atoms with Crippen molar-refractivity contribution in [1.29, 1.82) is 0 Å². The fraction of sp³-hybridized carbons (Fsp3) is 0.300. The Morgan fingerprint density at radius 1 is 1.05 bits per heavy atom. The molecule has 0 radical (unpaired) electrons. The molecule has 0 bridgehead atoms. The number of tetrazole rings is 1. The van der Waals surface area contributed by atoms with E-state index in [9.17, 15) is 4.79 Å². The maximum absolute atomic E-state index is 12.0. The monoisotopic (exact) mass is 590 g/mol. The van der Waals surface area contributed by atoms with Gasteiger partial charge in [0.2, 0.25) is 0 Å². The van der Waals surface area contributed by atoms with E-state index in [2.05, 4.69) is 49.8 Å². The first-order valence-electron chi connectivity index (χ1n) is 13.6. The second-order valence-corrected chi connectivity index (χ2v) is 11.4. The molecular formula is C30H30Cl2N7O2+. The zero-order valence-corrected chi connectivity index (χ0v) is 24.4. The lowest BCUT2D eigenvalue weighted by molar-refractivity contribution is 0.0600. The van der Waals surface area contributed by atoms with Crippen LogP contribution in [0.2, 0.25) is 10.0 Å². The number of carbonyl (C=O) groups is 1. The number of quaternary nitrogens is 1. The lowest BCUT2D eigenvalue weighted by atomic mass is 9.84. The lowest BCUT2D eigenvalue weighted by Gasteiger charge is -2.26. The Hall–Kier alpha value is -3.79. The van der Waals surface area contributed by atoms with Crippen LogP contribution in [0.4, 0.5) is 23.0 Å². The van der Waals surface area contributed by atoms with Gasteiger partial charge in [0.1, 0.15) is 5.69 Å². The van der Waals surface area contributed by atoms with Gasteiger partial charge in [-0.1, -0.05) is 71.8 Å². The summed E-state index contributed by atoms with van der Waals surface area (Å²) in [4.78, 5) is 19.3. The summed E-state index contributed by atoms with van der Waals surface area (Å²) >= 11 is 13.1. The normalized spacial score (nSPS) is 19.9. The van der Waals surface area contributed by atoms with E-state index in [1.54, 1.807) is 12.1 Å². The third-order valence-corrected chi connectivity index (χ3v) is 8.83. The number of carbonyl (C=O) groups excluding carboxylic acids is 1. The smallest absolute Gasteiger partial charge is 0.357 e. The molecule has 11 heteroatoms. The first-order chi connectivity index (χ1) is 19.9. The number of H-pyrrole nitrogens is 1. The maximum atomic E-state index is 12.0. The Labute approximate surface area is 248 Å². The Kier molecular flexibility index (Phi) is 7.50. The minimum absolute atomic E-state index is 0.0455. The number of nitrogens with zero attached hydrogens (tertiary/aromatic N) is 6. The maximum Gasteiger partial charge on any atom is 0.357 e. The van der Waals surface area contributed by atoms with Crippen molar-refractivity contribution in [2.45, 2.75) is 44.6 Å². The van der Waals surface area contributed by atoms with Gasteiger partial charge in [0.15, 0.2) is 5.69 Å². The number of ether oxygens (including phenoxy) is 1. The van der Waals surface area contributed by atoms with Crippen molar-refractivity contribution in [3.63, 3.8) is 0 Å². The van der Waals surface area contributed by atoms with Gasteiger partial charge in [-0.05, 0) is 70.6 Å². The summed E-state index contributed by atoms with van der Waals surface area (Å²) in [5.41, 5.74) is 5.26. The highest BCUT2D eigenvalue weighted by Crippen LogP contribution is 2.50. The predicted molar refractivity (Wildman–Crippen MR) is 161 cm³/mol. The van der Waals surface area contributed by atoms with Crippen LogP contribution in [0.1, 0.15) is 59.5 Å². The molecule has 0 spiro atoms. The van der Waals surface area contributed by atoms with Crippen LogP contribution in [-0.2, 0) is 11.3 Å². The molecular weight excluding hydrogens is 561 g/mol. The summed E-state index contributed by atoms with van der Waals surface area (Å²) in [6, 6.07) is 19.5. The molecule has 6 rings (SSSR count). The number of hydrogen-bond donors (Lipinski definition) is 1. The van der Waals surface area contributed by atoms with Crippen molar-refractivity contribution in [2.24, 2.45) is 4.99 Å². The molecule has 2 aliphatic rings. The van der Waals surface area contributed by atoms with Crippen LogP contribution in [0.25, 0.3) is 0 Å². The topological polar surface area (TPSA) is 96.4 Å². The van der Waals surface area contributed by atoms with E-state index in [1.165, 1.54) is 44.8 Å². The van der Waals surface area contributed by atoms with Crippen LogP contribution in [0.3, 0.4) is 0 Å². The largest absolute Gasteiger partial charge is 0.465 e. The number of nitrogens with one attached hydrogen (secondary N) is 1. The minimum atomic E-state index is -0.384. The van der Waals surface area contributed by atoms with Crippen molar-refractivity contribution in [3.8, 4) is 0 Å². The van der Waals surface area contributed by atoms with Crippen molar-refractivity contribution >= 4 is 58.1 Å². The average Bonchev–Trinajstić information content (AvgIpc) is 3.62. The SMILES string of the molecule is COC(=O)c1ccc(CN2C(=Nc3ccc(C4CCCCC4)cc3)[N+](C)(c3nnn[nH]3)c3cc(Cl)c(Cl)cc32)cc1. The Morgan fingerprint density at radius 2 is 1.76 bits per heavy atom. The summed E-state index contributed by atoms with van der Waals surface area (Å²) in [7, 11) is 3.34. The van der Waals surface area contributed by atoms with Crippen LogP contribution in [0, 0.1) is 0 Å². The fourth-order valence-electron chi connectivity index (χ4n) is 5.84. The van der Waals surface area contributed by atoms with E-state index in [0.29, 0.717) is 40.0 Å². The first-order valence-corrected chi connectivity index (χ1v) is 14.4. The summed E-state index contributed by atoms with van der Waals surface area (Å²) in [5, 5.41) is 15.8. The number of aliphatic imine (C=N–C) groups is 1. The van der Waals surface area contributed by atoms with Gasteiger partial charge in [-0.25, -0.2) is 4.79 Å². The molecule has 9 nitrogen and oxygen atoms in total. The molecule has 1 saturated carbocycles. The van der Waals surface area contributed by atoms with Gasteiger partial charge in [0.25, 0.3) is 0 Å². The molecule has 2 heterocycles. The molecule has 1 aliphatic carbocycles. The molecule has 3 aromatic carbocycles. The predicted octanol–water partition coefficient (Wildman–Crippen LogP) is 7.32. The van der Waals surface area contributed by atoms with E-state index in [0.717, 1.165) is 22.6 Å². The van der Waals surface area contributed by atoms with Crippen molar-refractivity contribution in [2.75, 3.05) is 19.1 Å². The lowest BCUT2D eigenvalue weighted by Crippen LogP contribution is -2.49. The van der Waals surface area contributed by atoms with Crippen LogP contribution in [0.5, 0.6) is 0 Å². The number of benzene rings is 3. The average molecular weight is 592 g/mol. The highest BCUT2D eigenvalue weighted by atomic mass is 35.5. The van der Waals surface area contributed by atoms with Gasteiger partial charge in [0, 0.05) is 6.07 Å². The molecule has 1 N–H and O–H groups in total. The van der Waals surface area contributed by atoms with Crippen LogP contribution >= 0.6 is 23.2 Å². The van der Waals surface area contributed by atoms with E-state index in [1.807, 2.05) is 31.3 Å². The van der Waals surface area contributed by atoms with Gasteiger partial charge in [0.05, 0.1) is 42.0 Å². The second kappa shape index (κ2) is 11.2. The fourth-order valence-corrected chi connectivity index (χ4v) is 6.16. The molecule has 210 valence electrons. The standard InChI is InChI=1S/C30H30Cl2N7O2/c1-39(29-34-36-37-35-29)27-17-25(32)24(31)16-26(27)38(18-19-8-10-22(11-9-19)28(40)41-2)30(39)33-23-14-12-21(13-15-23)20-6-4-3-5-7-20/h8-17,20H,3-7,18H2,1-2H3,(H,34,35,36,37)/q+1. The van der Waals surface area contributed by atoms with Gasteiger partial charge in [-0.15, -0.1) is 0 Å². The second-order valence-electron chi connectivity index (χ2n) is 10.6. The van der Waals surface area contributed by atoms with Crippen molar-refractivity contribution < 1.29 is 9.53 Å². The number of halogens is 2. The number of aromatic nitrogens is 4. The van der Waals surface area contributed by atoms with E-state index >= 15 is 0 Å². The zero-order valence-electron chi connectivity index (χ0n) is 22.8. The van der Waals surface area contributed by atoms with Gasteiger partial charge in [-0.3, -0.25) is 4.90 Å². The molecule has 4 aromatic rings. The van der Waals surface area contributed by atoms with Crippen LogP contribution in [-0.4, -0.2) is 46.7 Å². The third-order valence-electron chi connectivity index (χ3n) is 8.10. The first kappa shape index (κ1) is 27.4. The molecule has 0 amide bonds. The van der Waals surface area contributed by atoms with E-state index < -0.39 is 0 Å². The summed E-state index contributed by atoms with van der Waals surface area (Å²) in [6.45, 7) is 0.445.